The van der Waals surface area contributed by atoms with Crippen molar-refractivity contribution in [1.29, 1.82) is 5.26 Å². The number of nitrogens with zero attached hydrogens (tertiary/aromatic N) is 6. The van der Waals surface area contributed by atoms with Gasteiger partial charge in [-0.25, -0.2) is 0 Å². The first-order valence-electron chi connectivity index (χ1n) is 10.8. The third-order valence-electron chi connectivity index (χ3n) is 6.34. The Morgan fingerprint density at radius 2 is 1.97 bits per heavy atom. The summed E-state index contributed by atoms with van der Waals surface area (Å²) in [6, 6.07) is 12.7. The maximum atomic E-state index is 9.03. The molecule has 1 aromatic heterocycles. The lowest BCUT2D eigenvalue weighted by atomic mass is 9.96. The van der Waals surface area contributed by atoms with Gasteiger partial charge in [0.25, 0.3) is 0 Å². The number of rotatable bonds is 5. The molecule has 3 aromatic rings. The number of hydrogen-bond acceptors (Lipinski definition) is 7. The highest BCUT2D eigenvalue weighted by molar-refractivity contribution is 6.36. The largest absolute Gasteiger partial charge is 0.467 e. The van der Waals surface area contributed by atoms with E-state index < -0.39 is 0 Å². The fourth-order valence-corrected chi connectivity index (χ4v) is 5.05. The highest BCUT2D eigenvalue weighted by Crippen LogP contribution is 2.37. The van der Waals surface area contributed by atoms with E-state index in [-0.39, 0.29) is 0 Å². The summed E-state index contributed by atoms with van der Waals surface area (Å²) in [6.07, 6.45) is 3.03. The van der Waals surface area contributed by atoms with E-state index >= 15 is 0 Å². The van der Waals surface area contributed by atoms with Gasteiger partial charge in [-0.2, -0.15) is 15.2 Å². The molecule has 3 heterocycles. The molecule has 164 valence electrons. The van der Waals surface area contributed by atoms with Crippen molar-refractivity contribution in [2.75, 3.05) is 50.1 Å². The molecule has 0 spiro atoms. The molecule has 2 aliphatic heterocycles. The maximum absolute atomic E-state index is 9.03. The van der Waals surface area contributed by atoms with Crippen LogP contribution in [-0.4, -0.2) is 55.2 Å². The van der Waals surface area contributed by atoms with Gasteiger partial charge in [0, 0.05) is 55.8 Å². The SMILES string of the molecule is COc1nc2c(c(N3CC(CN(C)C#N)C3)n1)CCN(c1cccc3cccc(Cl)c13)C2. The second-order valence-electron chi connectivity index (χ2n) is 8.50. The number of benzene rings is 2. The van der Waals surface area contributed by atoms with Gasteiger partial charge >= 0.3 is 6.01 Å². The number of aromatic nitrogens is 2. The summed E-state index contributed by atoms with van der Waals surface area (Å²) in [7, 11) is 3.43. The van der Waals surface area contributed by atoms with Gasteiger partial charge in [0.2, 0.25) is 0 Å². The Kier molecular flexibility index (Phi) is 5.40. The van der Waals surface area contributed by atoms with Crippen molar-refractivity contribution < 1.29 is 4.74 Å². The fourth-order valence-electron chi connectivity index (χ4n) is 4.77. The summed E-state index contributed by atoms with van der Waals surface area (Å²) in [5.74, 6) is 1.44. The molecule has 32 heavy (non-hydrogen) atoms. The van der Waals surface area contributed by atoms with Crippen LogP contribution in [0.15, 0.2) is 36.4 Å². The predicted octanol–water partition coefficient (Wildman–Crippen LogP) is 3.70. The van der Waals surface area contributed by atoms with E-state index in [0.29, 0.717) is 18.5 Å². The second kappa shape index (κ2) is 8.36. The molecule has 7 nitrogen and oxygen atoms in total. The van der Waals surface area contributed by atoms with Crippen LogP contribution in [0, 0.1) is 17.4 Å². The quantitative estimate of drug-likeness (QED) is 0.435. The van der Waals surface area contributed by atoms with Crippen LogP contribution in [0.2, 0.25) is 5.02 Å². The number of nitriles is 1. The van der Waals surface area contributed by atoms with E-state index in [9.17, 15) is 0 Å². The molecule has 0 radical (unpaired) electrons. The van der Waals surface area contributed by atoms with E-state index in [4.69, 9.17) is 31.6 Å². The summed E-state index contributed by atoms with van der Waals surface area (Å²) in [5, 5.41) is 12.0. The predicted molar refractivity (Wildman–Crippen MR) is 126 cm³/mol. The highest BCUT2D eigenvalue weighted by atomic mass is 35.5. The van der Waals surface area contributed by atoms with E-state index in [1.165, 1.54) is 5.56 Å². The number of fused-ring (bicyclic) bond motifs is 2. The number of hydrogen-bond donors (Lipinski definition) is 0. The van der Waals surface area contributed by atoms with Crippen LogP contribution in [0.5, 0.6) is 6.01 Å². The number of halogens is 1. The van der Waals surface area contributed by atoms with E-state index in [0.717, 1.165) is 65.6 Å². The number of anilines is 2. The zero-order valence-electron chi connectivity index (χ0n) is 18.3. The monoisotopic (exact) mass is 448 g/mol. The van der Waals surface area contributed by atoms with Gasteiger partial charge in [-0.3, -0.25) is 0 Å². The van der Waals surface area contributed by atoms with E-state index in [1.807, 2.05) is 19.2 Å². The number of ether oxygens (including phenoxy) is 1. The molecule has 1 fully saturated rings. The summed E-state index contributed by atoms with van der Waals surface area (Å²) < 4.78 is 5.44. The van der Waals surface area contributed by atoms with Crippen LogP contribution in [0.1, 0.15) is 11.3 Å². The Hall–Kier alpha value is -3.24. The van der Waals surface area contributed by atoms with Crippen molar-refractivity contribution in [3.05, 3.63) is 52.7 Å². The molecule has 5 rings (SSSR count). The average Bonchev–Trinajstić information content (AvgIpc) is 2.79. The zero-order valence-corrected chi connectivity index (χ0v) is 19.0. The zero-order chi connectivity index (χ0) is 22.2. The molecule has 2 aromatic carbocycles. The van der Waals surface area contributed by atoms with Crippen molar-refractivity contribution in [3.63, 3.8) is 0 Å². The van der Waals surface area contributed by atoms with Crippen LogP contribution >= 0.6 is 11.6 Å². The van der Waals surface area contributed by atoms with E-state index in [1.54, 1.807) is 12.0 Å². The van der Waals surface area contributed by atoms with Gasteiger partial charge in [0.15, 0.2) is 6.19 Å². The Bertz CT molecular complexity index is 1200. The lowest BCUT2D eigenvalue weighted by Crippen LogP contribution is -2.51. The molecule has 0 aliphatic carbocycles. The lowest BCUT2D eigenvalue weighted by Gasteiger charge is -2.43. The first-order chi connectivity index (χ1) is 15.6. The molecule has 8 heteroatoms. The molecule has 1 saturated heterocycles. The molecule has 0 unspecified atom stereocenters. The van der Waals surface area contributed by atoms with Gasteiger partial charge < -0.3 is 19.4 Å². The molecule has 2 aliphatic rings. The Balaban J connectivity index is 1.44. The third kappa shape index (κ3) is 3.65. The summed E-state index contributed by atoms with van der Waals surface area (Å²) >= 11 is 6.58. The van der Waals surface area contributed by atoms with Crippen LogP contribution in [0.4, 0.5) is 11.5 Å². The summed E-state index contributed by atoms with van der Waals surface area (Å²) in [5.41, 5.74) is 3.32. The Morgan fingerprint density at radius 1 is 1.19 bits per heavy atom. The summed E-state index contributed by atoms with van der Waals surface area (Å²) in [6.45, 7) is 4.10. The smallest absolute Gasteiger partial charge is 0.318 e. The lowest BCUT2D eigenvalue weighted by molar-refractivity contribution is 0.308. The first-order valence-corrected chi connectivity index (χ1v) is 11.2. The molecule has 0 amide bonds. The second-order valence-corrected chi connectivity index (χ2v) is 8.90. The standard InChI is InChI=1S/C24H25ClN6O/c1-29(15-26)11-16-12-31(13-16)23-18-9-10-30(14-20(18)27-24(28-23)32-2)21-8-4-6-17-5-3-7-19(25)22(17)21/h3-8,16H,9-14H2,1-2H3. The summed E-state index contributed by atoms with van der Waals surface area (Å²) in [4.78, 5) is 15.7. The topological polar surface area (TPSA) is 68.5 Å². The Labute approximate surface area is 192 Å². The van der Waals surface area contributed by atoms with Crippen molar-refractivity contribution >= 4 is 33.9 Å². The van der Waals surface area contributed by atoms with Crippen LogP contribution < -0.4 is 14.5 Å². The molecule has 0 saturated carbocycles. The van der Waals surface area contributed by atoms with Crippen molar-refractivity contribution in [2.45, 2.75) is 13.0 Å². The van der Waals surface area contributed by atoms with Gasteiger partial charge in [0.1, 0.15) is 5.82 Å². The molecule has 0 bridgehead atoms. The molecular formula is C24H25ClN6O. The van der Waals surface area contributed by atoms with Crippen LogP contribution in [-0.2, 0) is 13.0 Å². The van der Waals surface area contributed by atoms with Gasteiger partial charge in [-0.1, -0.05) is 35.9 Å². The Morgan fingerprint density at radius 3 is 2.72 bits per heavy atom. The fraction of sp³-hybridized carbons (Fsp3) is 0.375. The molecule has 0 atom stereocenters. The highest BCUT2D eigenvalue weighted by Gasteiger charge is 2.33. The van der Waals surface area contributed by atoms with Gasteiger partial charge in [0.05, 0.1) is 24.4 Å². The molecule has 0 N–H and O–H groups in total. The minimum absolute atomic E-state index is 0.397. The molecular weight excluding hydrogens is 424 g/mol. The average molecular weight is 449 g/mol. The van der Waals surface area contributed by atoms with Crippen molar-refractivity contribution in [2.24, 2.45) is 5.92 Å². The minimum atomic E-state index is 0.397. The normalized spacial score (nSPS) is 15.8. The van der Waals surface area contributed by atoms with Gasteiger partial charge in [-0.15, -0.1) is 0 Å². The van der Waals surface area contributed by atoms with Crippen molar-refractivity contribution in [3.8, 4) is 12.2 Å². The van der Waals surface area contributed by atoms with Crippen molar-refractivity contribution in [1.82, 2.24) is 14.9 Å². The van der Waals surface area contributed by atoms with Crippen LogP contribution in [0.3, 0.4) is 0 Å². The minimum Gasteiger partial charge on any atom is -0.467 e. The van der Waals surface area contributed by atoms with Crippen LogP contribution in [0.25, 0.3) is 10.8 Å². The maximum Gasteiger partial charge on any atom is 0.318 e. The number of methoxy groups -OCH3 is 1. The van der Waals surface area contributed by atoms with Gasteiger partial charge in [-0.05, 0) is 23.9 Å². The van der Waals surface area contributed by atoms with E-state index in [2.05, 4.69) is 40.3 Å². The first kappa shape index (κ1) is 20.7. The third-order valence-corrected chi connectivity index (χ3v) is 6.65.